The summed E-state index contributed by atoms with van der Waals surface area (Å²) in [6, 6.07) is 13.4. The second-order valence-electron chi connectivity index (χ2n) is 6.31. The molecular weight excluding hydrogens is 483 g/mol. The van der Waals surface area contributed by atoms with Crippen molar-refractivity contribution in [2.45, 2.75) is 6.61 Å². The summed E-state index contributed by atoms with van der Waals surface area (Å²) in [5.41, 5.74) is 2.96. The number of non-ortho nitro benzene ring substituents is 1. The largest absolute Gasteiger partial charge is 0.486 e. The van der Waals surface area contributed by atoms with Crippen LogP contribution in [0.4, 0.5) is 17.1 Å². The van der Waals surface area contributed by atoms with Gasteiger partial charge in [0.1, 0.15) is 12.3 Å². The van der Waals surface area contributed by atoms with Crippen molar-refractivity contribution in [1.29, 1.82) is 0 Å². The maximum atomic E-state index is 11.2. The highest BCUT2D eigenvalue weighted by Crippen LogP contribution is 2.34. The molecule has 0 heterocycles. The van der Waals surface area contributed by atoms with Crippen LogP contribution >= 0.6 is 34.8 Å². The molecule has 0 aliphatic rings. The van der Waals surface area contributed by atoms with E-state index in [9.17, 15) is 20.2 Å². The van der Waals surface area contributed by atoms with Crippen molar-refractivity contribution < 1.29 is 14.6 Å². The molecule has 1 N–H and O–H groups in total. The summed E-state index contributed by atoms with van der Waals surface area (Å²) in [6.07, 6.45) is 1.34. The molecule has 0 saturated heterocycles. The lowest BCUT2D eigenvalue weighted by Crippen LogP contribution is -1.99. The van der Waals surface area contributed by atoms with Crippen molar-refractivity contribution in [2.24, 2.45) is 5.10 Å². The van der Waals surface area contributed by atoms with Crippen LogP contribution in [0.1, 0.15) is 11.1 Å². The molecule has 32 heavy (non-hydrogen) atoms. The highest BCUT2D eigenvalue weighted by atomic mass is 35.5. The predicted octanol–water partition coefficient (Wildman–Crippen LogP) is 6.49. The number of anilines is 1. The molecule has 164 valence electrons. The first-order valence-corrected chi connectivity index (χ1v) is 9.96. The second kappa shape index (κ2) is 10.3. The van der Waals surface area contributed by atoms with Crippen LogP contribution in [0.2, 0.25) is 15.1 Å². The zero-order chi connectivity index (χ0) is 23.3. The van der Waals surface area contributed by atoms with Gasteiger partial charge in [-0.15, -0.1) is 0 Å². The molecule has 0 aliphatic carbocycles. The molecule has 0 amide bonds. The fourth-order valence-corrected chi connectivity index (χ4v) is 3.32. The summed E-state index contributed by atoms with van der Waals surface area (Å²) in [6.45, 7) is 0.232. The molecule has 0 atom stereocenters. The lowest BCUT2D eigenvalue weighted by Gasteiger charge is -2.11. The standard InChI is InChI=1S/C20H13Cl3N4O5/c21-14-3-1-12(2-4-14)11-32-20-16(22)7-13(8-17(20)23)10-24-25-18-6-5-15(26(28)29)9-19(18)27(30)31/h1-10,25H,11H2/b24-10-. The van der Waals surface area contributed by atoms with E-state index in [1.807, 2.05) is 12.1 Å². The minimum Gasteiger partial charge on any atom is -0.486 e. The number of halogens is 3. The molecule has 0 unspecified atom stereocenters. The summed E-state index contributed by atoms with van der Waals surface area (Å²) < 4.78 is 5.70. The zero-order valence-corrected chi connectivity index (χ0v) is 18.3. The molecule has 3 aromatic rings. The van der Waals surface area contributed by atoms with Crippen molar-refractivity contribution >= 4 is 58.1 Å². The number of hydrogen-bond donors (Lipinski definition) is 1. The van der Waals surface area contributed by atoms with Crippen LogP contribution in [0.25, 0.3) is 0 Å². The summed E-state index contributed by atoms with van der Waals surface area (Å²) in [7, 11) is 0. The Kier molecular flexibility index (Phi) is 7.47. The lowest BCUT2D eigenvalue weighted by atomic mass is 10.2. The zero-order valence-electron chi connectivity index (χ0n) is 16.0. The number of rotatable bonds is 8. The van der Waals surface area contributed by atoms with Crippen molar-refractivity contribution in [3.05, 3.63) is 101 Å². The Morgan fingerprint density at radius 3 is 2.19 bits per heavy atom. The van der Waals surface area contributed by atoms with E-state index >= 15 is 0 Å². The average Bonchev–Trinajstić information content (AvgIpc) is 2.74. The van der Waals surface area contributed by atoms with E-state index in [4.69, 9.17) is 39.5 Å². The molecule has 3 aromatic carbocycles. The highest BCUT2D eigenvalue weighted by molar-refractivity contribution is 6.37. The normalized spacial score (nSPS) is 10.8. The van der Waals surface area contributed by atoms with E-state index in [0.29, 0.717) is 16.3 Å². The van der Waals surface area contributed by atoms with Crippen molar-refractivity contribution in [3.8, 4) is 5.75 Å². The van der Waals surface area contributed by atoms with Gasteiger partial charge in [0, 0.05) is 11.1 Å². The third kappa shape index (κ3) is 5.85. The number of hydrogen-bond acceptors (Lipinski definition) is 7. The van der Waals surface area contributed by atoms with E-state index in [-0.39, 0.29) is 22.3 Å². The molecular formula is C20H13Cl3N4O5. The van der Waals surface area contributed by atoms with Crippen LogP contribution in [-0.4, -0.2) is 16.1 Å². The van der Waals surface area contributed by atoms with E-state index < -0.39 is 21.2 Å². The number of nitrogens with zero attached hydrogens (tertiary/aromatic N) is 3. The molecule has 0 saturated carbocycles. The number of nitro benzene ring substituents is 2. The number of nitro groups is 2. The smallest absolute Gasteiger partial charge is 0.301 e. The van der Waals surface area contributed by atoms with Crippen molar-refractivity contribution in [2.75, 3.05) is 5.43 Å². The maximum absolute atomic E-state index is 11.2. The predicted molar refractivity (Wildman–Crippen MR) is 123 cm³/mol. The third-order valence-corrected chi connectivity index (χ3v) is 4.92. The topological polar surface area (TPSA) is 120 Å². The molecule has 0 fully saturated rings. The van der Waals surface area contributed by atoms with E-state index in [1.165, 1.54) is 12.3 Å². The van der Waals surface area contributed by atoms with Gasteiger partial charge in [0.15, 0.2) is 5.75 Å². The van der Waals surface area contributed by atoms with Gasteiger partial charge >= 0.3 is 5.69 Å². The molecule has 0 bridgehead atoms. The minimum absolute atomic E-state index is 0.0167. The molecule has 9 nitrogen and oxygen atoms in total. The van der Waals surface area contributed by atoms with Crippen LogP contribution < -0.4 is 10.2 Å². The van der Waals surface area contributed by atoms with Gasteiger partial charge in [-0.3, -0.25) is 25.7 Å². The number of ether oxygens (including phenoxy) is 1. The first-order chi connectivity index (χ1) is 15.2. The Morgan fingerprint density at radius 1 is 0.938 bits per heavy atom. The molecule has 3 rings (SSSR count). The van der Waals surface area contributed by atoms with Crippen LogP contribution in [-0.2, 0) is 6.61 Å². The molecule has 12 heteroatoms. The molecule has 0 spiro atoms. The Morgan fingerprint density at radius 2 is 1.59 bits per heavy atom. The van der Waals surface area contributed by atoms with E-state index in [2.05, 4.69) is 10.5 Å². The summed E-state index contributed by atoms with van der Waals surface area (Å²) in [5.74, 6) is 0.291. The van der Waals surface area contributed by atoms with Crippen molar-refractivity contribution in [3.63, 3.8) is 0 Å². The maximum Gasteiger partial charge on any atom is 0.301 e. The first kappa shape index (κ1) is 23.3. The number of hydrazone groups is 1. The van der Waals surface area contributed by atoms with Gasteiger partial charge < -0.3 is 4.74 Å². The minimum atomic E-state index is -0.745. The Balaban J connectivity index is 1.72. The second-order valence-corrected chi connectivity index (χ2v) is 7.57. The SMILES string of the molecule is O=[N+]([O-])c1ccc(N/N=C\c2cc(Cl)c(OCc3ccc(Cl)cc3)c(Cl)c2)c([N+](=O)[O-])c1. The lowest BCUT2D eigenvalue weighted by molar-refractivity contribution is -0.393. The van der Waals surface area contributed by atoms with Gasteiger partial charge in [0.25, 0.3) is 5.69 Å². The van der Waals surface area contributed by atoms with E-state index in [1.54, 1.807) is 24.3 Å². The third-order valence-electron chi connectivity index (χ3n) is 4.10. The Labute approximate surface area is 196 Å². The quantitative estimate of drug-likeness (QED) is 0.217. The fourth-order valence-electron chi connectivity index (χ4n) is 2.58. The highest BCUT2D eigenvalue weighted by Gasteiger charge is 2.19. The van der Waals surface area contributed by atoms with Crippen LogP contribution in [0.5, 0.6) is 5.75 Å². The monoisotopic (exact) mass is 494 g/mol. The van der Waals surface area contributed by atoms with Crippen LogP contribution in [0.15, 0.2) is 59.7 Å². The molecule has 0 aromatic heterocycles. The summed E-state index contributed by atoms with van der Waals surface area (Å²) in [4.78, 5) is 20.5. The van der Waals surface area contributed by atoms with Crippen LogP contribution in [0, 0.1) is 20.2 Å². The van der Waals surface area contributed by atoms with Gasteiger partial charge in [-0.2, -0.15) is 5.10 Å². The van der Waals surface area contributed by atoms with Crippen LogP contribution in [0.3, 0.4) is 0 Å². The Bertz CT molecular complexity index is 1180. The number of nitrogens with one attached hydrogen (secondary N) is 1. The van der Waals surface area contributed by atoms with Gasteiger partial charge in [-0.25, -0.2) is 0 Å². The van der Waals surface area contributed by atoms with Gasteiger partial charge in [0.2, 0.25) is 0 Å². The average molecular weight is 496 g/mol. The van der Waals surface area contributed by atoms with Gasteiger partial charge in [0.05, 0.1) is 32.2 Å². The van der Waals surface area contributed by atoms with Crippen molar-refractivity contribution in [1.82, 2.24) is 0 Å². The molecule has 0 radical (unpaired) electrons. The number of benzene rings is 3. The fraction of sp³-hybridized carbons (Fsp3) is 0.0500. The summed E-state index contributed by atoms with van der Waals surface area (Å²) in [5, 5.41) is 27.0. The van der Waals surface area contributed by atoms with Gasteiger partial charge in [-0.1, -0.05) is 46.9 Å². The van der Waals surface area contributed by atoms with Gasteiger partial charge in [-0.05, 0) is 41.5 Å². The Hall–Kier alpha value is -3.40. The first-order valence-electron chi connectivity index (χ1n) is 8.83. The van der Waals surface area contributed by atoms with E-state index in [0.717, 1.165) is 17.7 Å². The molecule has 0 aliphatic heterocycles. The summed E-state index contributed by atoms with van der Waals surface area (Å²) >= 11 is 18.4.